The first-order valence-electron chi connectivity index (χ1n) is 8.55. The molecule has 2 rings (SSSR count). The first-order valence-corrected chi connectivity index (χ1v) is 9.43. The highest BCUT2D eigenvalue weighted by atomic mass is 32.1. The number of nitrogens with zero attached hydrogens (tertiary/aromatic N) is 2. The van der Waals surface area contributed by atoms with E-state index in [0.717, 1.165) is 43.4 Å². The number of thiazole rings is 1. The molecule has 0 unspecified atom stereocenters. The third-order valence-electron chi connectivity index (χ3n) is 4.26. The van der Waals surface area contributed by atoms with Gasteiger partial charge in [-0.15, -0.1) is 11.3 Å². The quantitative estimate of drug-likeness (QED) is 0.699. The minimum absolute atomic E-state index is 0.981. The maximum Gasteiger partial charge on any atom is 0.183 e. The molecule has 4 heteroatoms. The number of aryl methyl sites for hydroxylation is 3. The Morgan fingerprint density at radius 2 is 1.74 bits per heavy atom. The Morgan fingerprint density at radius 3 is 2.35 bits per heavy atom. The van der Waals surface area contributed by atoms with Crippen LogP contribution in [-0.2, 0) is 0 Å². The van der Waals surface area contributed by atoms with Crippen molar-refractivity contribution in [1.29, 1.82) is 0 Å². The van der Waals surface area contributed by atoms with Crippen LogP contribution >= 0.6 is 11.3 Å². The SMILES string of the molecule is CCN(CC)CCCNc1nc(-c2c(C)cc(C)cc2C)cs1. The van der Waals surface area contributed by atoms with Crippen molar-refractivity contribution in [3.8, 4) is 11.3 Å². The third-order valence-corrected chi connectivity index (χ3v) is 5.06. The van der Waals surface area contributed by atoms with Gasteiger partial charge in [0.25, 0.3) is 0 Å². The minimum Gasteiger partial charge on any atom is -0.361 e. The fraction of sp³-hybridized carbons (Fsp3) is 0.526. The third kappa shape index (κ3) is 4.79. The van der Waals surface area contributed by atoms with Crippen molar-refractivity contribution >= 4 is 16.5 Å². The summed E-state index contributed by atoms with van der Waals surface area (Å²) in [6, 6.07) is 4.47. The molecule has 1 N–H and O–H groups in total. The molecule has 23 heavy (non-hydrogen) atoms. The smallest absolute Gasteiger partial charge is 0.183 e. The van der Waals surface area contributed by atoms with Crippen molar-refractivity contribution < 1.29 is 0 Å². The zero-order chi connectivity index (χ0) is 16.8. The molecule has 0 saturated heterocycles. The van der Waals surface area contributed by atoms with Crippen molar-refractivity contribution in [3.63, 3.8) is 0 Å². The van der Waals surface area contributed by atoms with Crippen LogP contribution in [0.5, 0.6) is 0 Å². The first-order chi connectivity index (χ1) is 11.0. The van der Waals surface area contributed by atoms with E-state index in [1.165, 1.54) is 22.3 Å². The Bertz CT molecular complexity index is 606. The Hall–Kier alpha value is -1.39. The number of anilines is 1. The van der Waals surface area contributed by atoms with Gasteiger partial charge >= 0.3 is 0 Å². The summed E-state index contributed by atoms with van der Waals surface area (Å²) in [5.74, 6) is 0. The standard InChI is InChI=1S/C19H29N3S/c1-6-22(7-2)10-8-9-20-19-21-17(13-23-19)18-15(4)11-14(3)12-16(18)5/h11-13H,6-10H2,1-5H3,(H,20,21). The Balaban J connectivity index is 1.96. The van der Waals surface area contributed by atoms with Crippen molar-refractivity contribution in [3.05, 3.63) is 34.2 Å². The van der Waals surface area contributed by atoms with Crippen LogP contribution in [0, 0.1) is 20.8 Å². The van der Waals surface area contributed by atoms with Gasteiger partial charge in [0.05, 0.1) is 5.69 Å². The Kier molecular flexibility index (Phi) is 6.60. The molecule has 3 nitrogen and oxygen atoms in total. The number of hydrogen-bond acceptors (Lipinski definition) is 4. The molecule has 0 aliphatic rings. The molecule has 0 fully saturated rings. The van der Waals surface area contributed by atoms with Gasteiger partial charge in [0.15, 0.2) is 5.13 Å². The van der Waals surface area contributed by atoms with E-state index in [4.69, 9.17) is 4.98 Å². The van der Waals surface area contributed by atoms with Crippen LogP contribution in [0.4, 0.5) is 5.13 Å². The molecule has 2 aromatic rings. The second-order valence-corrected chi connectivity index (χ2v) is 6.98. The lowest BCUT2D eigenvalue weighted by molar-refractivity contribution is 0.303. The van der Waals surface area contributed by atoms with Gasteiger partial charge in [-0.2, -0.15) is 0 Å². The van der Waals surface area contributed by atoms with Gasteiger partial charge in [-0.05, 0) is 58.0 Å². The summed E-state index contributed by atoms with van der Waals surface area (Å²) in [4.78, 5) is 7.23. The van der Waals surface area contributed by atoms with Crippen LogP contribution in [0.2, 0.25) is 0 Å². The van der Waals surface area contributed by atoms with Crippen molar-refractivity contribution in [2.24, 2.45) is 0 Å². The summed E-state index contributed by atoms with van der Waals surface area (Å²) in [6.07, 6.45) is 1.15. The number of benzene rings is 1. The molecule has 0 aliphatic heterocycles. The molecule has 0 bridgehead atoms. The fourth-order valence-corrected chi connectivity index (χ4v) is 3.82. The molecule has 0 radical (unpaired) electrons. The normalized spacial score (nSPS) is 11.2. The van der Waals surface area contributed by atoms with Gasteiger partial charge in [0.1, 0.15) is 0 Å². The molecule has 0 amide bonds. The van der Waals surface area contributed by atoms with Gasteiger partial charge in [0.2, 0.25) is 0 Å². The summed E-state index contributed by atoms with van der Waals surface area (Å²) in [6.45, 7) is 15.3. The molecule has 1 aromatic carbocycles. The average Bonchev–Trinajstić information content (AvgIpc) is 2.95. The van der Waals surface area contributed by atoms with Gasteiger partial charge in [-0.1, -0.05) is 31.5 Å². The predicted octanol–water partition coefficient (Wildman–Crippen LogP) is 4.88. The van der Waals surface area contributed by atoms with Gasteiger partial charge in [-0.3, -0.25) is 0 Å². The van der Waals surface area contributed by atoms with E-state index >= 15 is 0 Å². The zero-order valence-electron chi connectivity index (χ0n) is 15.1. The van der Waals surface area contributed by atoms with Crippen molar-refractivity contribution in [2.75, 3.05) is 31.5 Å². The summed E-state index contributed by atoms with van der Waals surface area (Å²) in [5, 5.41) is 6.66. The molecule has 0 atom stereocenters. The molecular formula is C19H29N3S. The lowest BCUT2D eigenvalue weighted by Gasteiger charge is -2.17. The summed E-state index contributed by atoms with van der Waals surface area (Å²) >= 11 is 1.70. The van der Waals surface area contributed by atoms with E-state index in [2.05, 4.69) is 62.3 Å². The highest BCUT2D eigenvalue weighted by molar-refractivity contribution is 7.14. The van der Waals surface area contributed by atoms with Crippen molar-refractivity contribution in [1.82, 2.24) is 9.88 Å². The van der Waals surface area contributed by atoms with E-state index in [1.54, 1.807) is 11.3 Å². The molecule has 1 aromatic heterocycles. The van der Waals surface area contributed by atoms with Gasteiger partial charge in [0, 0.05) is 17.5 Å². The number of aromatic nitrogens is 1. The molecule has 0 spiro atoms. The van der Waals surface area contributed by atoms with E-state index in [0.29, 0.717) is 0 Å². The maximum atomic E-state index is 4.78. The number of hydrogen-bond donors (Lipinski definition) is 1. The Labute approximate surface area is 144 Å². The van der Waals surface area contributed by atoms with Crippen LogP contribution in [0.3, 0.4) is 0 Å². The van der Waals surface area contributed by atoms with E-state index in [-0.39, 0.29) is 0 Å². The molecule has 0 saturated carbocycles. The van der Waals surface area contributed by atoms with Crippen LogP contribution in [0.25, 0.3) is 11.3 Å². The Morgan fingerprint density at radius 1 is 1.09 bits per heavy atom. The second-order valence-electron chi connectivity index (χ2n) is 6.12. The highest BCUT2D eigenvalue weighted by Crippen LogP contribution is 2.30. The molecule has 126 valence electrons. The van der Waals surface area contributed by atoms with E-state index in [1.807, 2.05) is 0 Å². The van der Waals surface area contributed by atoms with E-state index < -0.39 is 0 Å². The molecular weight excluding hydrogens is 302 g/mol. The van der Waals surface area contributed by atoms with Gasteiger partial charge < -0.3 is 10.2 Å². The average molecular weight is 332 g/mol. The first kappa shape index (κ1) is 18.0. The second kappa shape index (κ2) is 8.46. The van der Waals surface area contributed by atoms with Crippen molar-refractivity contribution in [2.45, 2.75) is 41.0 Å². The topological polar surface area (TPSA) is 28.2 Å². The number of rotatable bonds is 8. The molecule has 1 heterocycles. The van der Waals surface area contributed by atoms with Gasteiger partial charge in [-0.25, -0.2) is 4.98 Å². The van der Waals surface area contributed by atoms with Crippen LogP contribution in [-0.4, -0.2) is 36.1 Å². The molecule has 0 aliphatic carbocycles. The number of nitrogens with one attached hydrogen (secondary N) is 1. The summed E-state index contributed by atoms with van der Waals surface area (Å²) in [7, 11) is 0. The lowest BCUT2D eigenvalue weighted by Crippen LogP contribution is -2.25. The largest absolute Gasteiger partial charge is 0.361 e. The lowest BCUT2D eigenvalue weighted by atomic mass is 9.98. The predicted molar refractivity (Wildman–Crippen MR) is 103 cm³/mol. The van der Waals surface area contributed by atoms with E-state index in [9.17, 15) is 0 Å². The van der Waals surface area contributed by atoms with Crippen LogP contribution < -0.4 is 5.32 Å². The summed E-state index contributed by atoms with van der Waals surface area (Å²) in [5.41, 5.74) is 6.30. The van der Waals surface area contributed by atoms with Crippen LogP contribution in [0.1, 0.15) is 37.0 Å². The monoisotopic (exact) mass is 331 g/mol. The maximum absolute atomic E-state index is 4.78. The highest BCUT2D eigenvalue weighted by Gasteiger charge is 2.10. The summed E-state index contributed by atoms with van der Waals surface area (Å²) < 4.78 is 0. The van der Waals surface area contributed by atoms with Crippen LogP contribution in [0.15, 0.2) is 17.5 Å². The fourth-order valence-electron chi connectivity index (χ4n) is 3.09. The minimum atomic E-state index is 0.981. The zero-order valence-corrected chi connectivity index (χ0v) is 15.9.